The number of aromatic nitrogens is 1. The Balaban J connectivity index is 1.87. The largest absolute Gasteiger partial charge is 0.455 e. The van der Waals surface area contributed by atoms with Crippen molar-refractivity contribution in [2.75, 3.05) is 20.6 Å². The van der Waals surface area contributed by atoms with E-state index in [4.69, 9.17) is 4.74 Å². The molecule has 1 aromatic heterocycles. The Morgan fingerprint density at radius 3 is 2.16 bits per heavy atom. The number of likely N-dealkylation sites (N-methyl/N-ethyl adjacent to an activating group) is 2. The number of likely N-dealkylation sites (tertiary alicyclic amines) is 1. The standard InChI is InChI=1S/C33H43F5N4O6S/c1-9-17(4)27(40-32(46)33(6)12-10-11-13-41(33)7)30(44)42(8)20(16(2)3)14-21(47-18(5)43)29-39-19(15-49-29)31(45)48-28-25(37)23(35)22(34)24(36)26(28)38/h15-17,20-21,27H,9-14H2,1-8H3,(H,40,46)/t17-,20?,21+,27-,33-/m0/s1. The van der Waals surface area contributed by atoms with Crippen LogP contribution in [0.3, 0.4) is 0 Å². The summed E-state index contributed by atoms with van der Waals surface area (Å²) in [5.74, 6) is -16.7. The monoisotopic (exact) mass is 718 g/mol. The number of nitrogens with one attached hydrogen (secondary N) is 1. The van der Waals surface area contributed by atoms with Gasteiger partial charge in [0.15, 0.2) is 11.8 Å². The third-order valence-electron chi connectivity index (χ3n) is 9.25. The van der Waals surface area contributed by atoms with Crippen molar-refractivity contribution < 1.29 is 50.6 Å². The number of carbonyl (C=O) groups excluding carboxylic acids is 4. The van der Waals surface area contributed by atoms with Crippen molar-refractivity contribution in [2.45, 2.75) is 97.4 Å². The molecule has 272 valence electrons. The van der Waals surface area contributed by atoms with Crippen LogP contribution >= 0.6 is 11.3 Å². The van der Waals surface area contributed by atoms with E-state index in [1.54, 1.807) is 7.05 Å². The Labute approximate surface area is 286 Å². The summed E-state index contributed by atoms with van der Waals surface area (Å²) in [6.07, 6.45) is 1.99. The van der Waals surface area contributed by atoms with Crippen molar-refractivity contribution in [3.05, 3.63) is 45.2 Å². The maximum absolute atomic E-state index is 14.1. The molecule has 1 fully saturated rings. The van der Waals surface area contributed by atoms with Crippen LogP contribution in [-0.2, 0) is 19.1 Å². The predicted octanol–water partition coefficient (Wildman–Crippen LogP) is 5.94. The summed E-state index contributed by atoms with van der Waals surface area (Å²) in [4.78, 5) is 60.1. The number of halogens is 5. The second-order valence-electron chi connectivity index (χ2n) is 12.9. The zero-order valence-corrected chi connectivity index (χ0v) is 29.6. The SMILES string of the molecule is CC[C@H](C)[C@H](NC(=O)[C@]1(C)CCCCN1C)C(=O)N(C)C(C[C@@H](OC(C)=O)c1nc(C(=O)Oc2c(F)c(F)c(F)c(F)c2F)cs1)C(C)C. The molecule has 1 N–H and O–H groups in total. The second-order valence-corrected chi connectivity index (χ2v) is 13.8. The summed E-state index contributed by atoms with van der Waals surface area (Å²) in [6.45, 7) is 11.3. The Bertz CT molecular complexity index is 1530. The predicted molar refractivity (Wildman–Crippen MR) is 170 cm³/mol. The van der Waals surface area contributed by atoms with Crippen molar-refractivity contribution in [1.29, 1.82) is 0 Å². The summed E-state index contributed by atoms with van der Waals surface area (Å²) < 4.78 is 78.9. The van der Waals surface area contributed by atoms with Crippen LogP contribution in [0.5, 0.6) is 5.75 Å². The molecular formula is C33H43F5N4O6S. The lowest BCUT2D eigenvalue weighted by Crippen LogP contribution is -2.62. The first-order valence-corrected chi connectivity index (χ1v) is 16.9. The third kappa shape index (κ3) is 8.74. The lowest BCUT2D eigenvalue weighted by atomic mass is 9.86. The van der Waals surface area contributed by atoms with E-state index in [1.807, 2.05) is 46.6 Å². The zero-order valence-electron chi connectivity index (χ0n) is 28.8. The van der Waals surface area contributed by atoms with Crippen LogP contribution in [0.2, 0.25) is 0 Å². The molecule has 1 saturated heterocycles. The van der Waals surface area contributed by atoms with E-state index < -0.39 is 76.2 Å². The van der Waals surface area contributed by atoms with Gasteiger partial charge in [-0.15, -0.1) is 11.3 Å². The van der Waals surface area contributed by atoms with Crippen LogP contribution in [0, 0.1) is 40.9 Å². The molecule has 0 spiro atoms. The summed E-state index contributed by atoms with van der Waals surface area (Å²) in [5.41, 5.74) is -1.33. The molecule has 5 atom stereocenters. The van der Waals surface area contributed by atoms with Crippen LogP contribution in [0.15, 0.2) is 5.38 Å². The smallest absolute Gasteiger partial charge is 0.363 e. The average Bonchev–Trinajstić information content (AvgIpc) is 3.56. The first-order valence-electron chi connectivity index (χ1n) is 16.0. The topological polar surface area (TPSA) is 118 Å². The van der Waals surface area contributed by atoms with Gasteiger partial charge in [0.1, 0.15) is 11.0 Å². The Hall–Kier alpha value is -3.66. The molecule has 16 heteroatoms. The number of hydrogen-bond donors (Lipinski definition) is 1. The van der Waals surface area contributed by atoms with Crippen LogP contribution in [0.25, 0.3) is 0 Å². The molecule has 1 aliphatic heterocycles. The van der Waals surface area contributed by atoms with Gasteiger partial charge in [-0.25, -0.2) is 22.9 Å². The molecule has 3 rings (SSSR count). The first kappa shape index (κ1) is 39.8. The van der Waals surface area contributed by atoms with Crippen molar-refractivity contribution in [3.63, 3.8) is 0 Å². The summed E-state index contributed by atoms with van der Waals surface area (Å²) in [6, 6.07) is -1.44. The Kier molecular flexibility index (Phi) is 13.3. The Morgan fingerprint density at radius 1 is 1.04 bits per heavy atom. The van der Waals surface area contributed by atoms with Crippen LogP contribution in [0.4, 0.5) is 22.0 Å². The lowest BCUT2D eigenvalue weighted by Gasteiger charge is -2.43. The van der Waals surface area contributed by atoms with Crippen molar-refractivity contribution in [2.24, 2.45) is 11.8 Å². The highest BCUT2D eigenvalue weighted by Gasteiger charge is 2.43. The number of hydrogen-bond acceptors (Lipinski definition) is 9. The first-order chi connectivity index (χ1) is 22.8. The average molecular weight is 719 g/mol. The molecule has 1 aliphatic rings. The van der Waals surface area contributed by atoms with E-state index >= 15 is 0 Å². The van der Waals surface area contributed by atoms with Gasteiger partial charge in [-0.2, -0.15) is 8.78 Å². The normalized spacial score (nSPS) is 19.1. The van der Waals surface area contributed by atoms with Gasteiger partial charge in [0.25, 0.3) is 0 Å². The zero-order chi connectivity index (χ0) is 37.0. The fourth-order valence-corrected chi connectivity index (χ4v) is 6.58. The van der Waals surface area contributed by atoms with Crippen LogP contribution < -0.4 is 10.1 Å². The van der Waals surface area contributed by atoms with E-state index in [2.05, 4.69) is 15.0 Å². The minimum absolute atomic E-state index is 0.000748. The molecule has 0 aliphatic carbocycles. The number of thiazole rings is 1. The number of ether oxygens (including phenoxy) is 2. The van der Waals surface area contributed by atoms with Gasteiger partial charge in [0.05, 0.1) is 5.54 Å². The van der Waals surface area contributed by atoms with E-state index in [0.717, 1.165) is 43.0 Å². The van der Waals surface area contributed by atoms with Crippen LogP contribution in [0.1, 0.15) is 95.2 Å². The molecule has 0 radical (unpaired) electrons. The number of esters is 2. The molecule has 2 amide bonds. The molecule has 0 bridgehead atoms. The summed E-state index contributed by atoms with van der Waals surface area (Å²) in [5, 5.41) is 4.17. The molecular weight excluding hydrogens is 675 g/mol. The maximum atomic E-state index is 14.1. The minimum atomic E-state index is -2.41. The molecule has 10 nitrogen and oxygen atoms in total. The summed E-state index contributed by atoms with van der Waals surface area (Å²) in [7, 11) is 3.47. The molecule has 1 aromatic carbocycles. The quantitative estimate of drug-likeness (QED) is 0.0890. The number of carbonyl (C=O) groups is 4. The highest BCUT2D eigenvalue weighted by atomic mass is 32.1. The molecule has 1 unspecified atom stereocenters. The summed E-state index contributed by atoms with van der Waals surface area (Å²) >= 11 is 0.818. The minimum Gasteiger partial charge on any atom is -0.455 e. The van der Waals surface area contributed by atoms with Gasteiger partial charge in [-0.1, -0.05) is 34.1 Å². The molecule has 0 saturated carbocycles. The fraction of sp³-hybridized carbons (Fsp3) is 0.606. The van der Waals surface area contributed by atoms with E-state index in [0.29, 0.717) is 12.8 Å². The van der Waals surface area contributed by atoms with Gasteiger partial charge in [0.2, 0.25) is 46.6 Å². The van der Waals surface area contributed by atoms with Crippen molar-refractivity contribution in [1.82, 2.24) is 20.1 Å². The maximum Gasteiger partial charge on any atom is 0.363 e. The third-order valence-corrected chi connectivity index (χ3v) is 10.2. The van der Waals surface area contributed by atoms with E-state index in [9.17, 15) is 41.1 Å². The van der Waals surface area contributed by atoms with E-state index in [1.165, 1.54) is 4.90 Å². The number of rotatable bonds is 13. The van der Waals surface area contributed by atoms with Gasteiger partial charge in [-0.05, 0) is 51.6 Å². The van der Waals surface area contributed by atoms with Gasteiger partial charge < -0.3 is 19.7 Å². The number of piperidine rings is 1. The second kappa shape index (κ2) is 16.4. The number of amides is 2. The highest BCUT2D eigenvalue weighted by Crippen LogP contribution is 2.33. The number of nitrogens with zero attached hydrogens (tertiary/aromatic N) is 3. The molecule has 2 aromatic rings. The van der Waals surface area contributed by atoms with E-state index in [-0.39, 0.29) is 35.1 Å². The van der Waals surface area contributed by atoms with Gasteiger partial charge in [-0.3, -0.25) is 19.3 Å². The van der Waals surface area contributed by atoms with Gasteiger partial charge in [0, 0.05) is 31.8 Å². The van der Waals surface area contributed by atoms with Gasteiger partial charge >= 0.3 is 11.9 Å². The van der Waals surface area contributed by atoms with Crippen molar-refractivity contribution in [3.8, 4) is 5.75 Å². The van der Waals surface area contributed by atoms with Crippen LogP contribution in [-0.4, -0.2) is 76.8 Å². The molecule has 49 heavy (non-hydrogen) atoms. The fourth-order valence-electron chi connectivity index (χ4n) is 5.75. The Morgan fingerprint density at radius 2 is 1.63 bits per heavy atom. The molecule has 2 heterocycles. The highest BCUT2D eigenvalue weighted by molar-refractivity contribution is 7.09. The number of benzene rings is 1. The van der Waals surface area contributed by atoms with Crippen molar-refractivity contribution >= 4 is 35.1 Å². The lowest BCUT2D eigenvalue weighted by molar-refractivity contribution is -0.149.